The molecule has 0 atom stereocenters. The van der Waals surface area contributed by atoms with E-state index in [-0.39, 0.29) is 5.41 Å². The van der Waals surface area contributed by atoms with Crippen LogP contribution in [0.25, 0.3) is 0 Å². The highest BCUT2D eigenvalue weighted by molar-refractivity contribution is 5.55. The average Bonchev–Trinajstić information content (AvgIpc) is 2.72. The summed E-state index contributed by atoms with van der Waals surface area (Å²) in [4.78, 5) is 8.85. The van der Waals surface area contributed by atoms with E-state index in [2.05, 4.69) is 53.5 Å². The maximum atomic E-state index is 5.36. The van der Waals surface area contributed by atoms with Crippen molar-refractivity contribution in [3.63, 3.8) is 0 Å². The Morgan fingerprint density at radius 1 is 0.897 bits per heavy atom. The van der Waals surface area contributed by atoms with E-state index in [0.717, 1.165) is 17.1 Å². The Labute approximate surface area is 172 Å². The van der Waals surface area contributed by atoms with Crippen molar-refractivity contribution in [2.45, 2.75) is 32.7 Å². The van der Waals surface area contributed by atoms with E-state index >= 15 is 0 Å². The van der Waals surface area contributed by atoms with Gasteiger partial charge in [0.25, 0.3) is 0 Å². The summed E-state index contributed by atoms with van der Waals surface area (Å²) in [7, 11) is 3.26. The Balaban J connectivity index is 1.65. The zero-order chi connectivity index (χ0) is 20.9. The number of ether oxygens (including phenoxy) is 2. The monoisotopic (exact) mass is 392 g/mol. The van der Waals surface area contributed by atoms with E-state index in [1.165, 1.54) is 5.56 Å². The molecule has 3 aromatic rings. The summed E-state index contributed by atoms with van der Waals surface area (Å²) in [6, 6.07) is 16.0. The van der Waals surface area contributed by atoms with Crippen molar-refractivity contribution in [1.29, 1.82) is 0 Å². The second-order valence-corrected chi connectivity index (χ2v) is 7.76. The topological polar surface area (TPSA) is 68.3 Å². The molecule has 29 heavy (non-hydrogen) atoms. The fourth-order valence-electron chi connectivity index (χ4n) is 2.88. The highest BCUT2D eigenvalue weighted by Crippen LogP contribution is 2.28. The van der Waals surface area contributed by atoms with E-state index in [0.29, 0.717) is 24.0 Å². The molecule has 6 heteroatoms. The van der Waals surface area contributed by atoms with Gasteiger partial charge in [0, 0.05) is 18.4 Å². The van der Waals surface area contributed by atoms with Gasteiger partial charge in [0.2, 0.25) is 5.95 Å². The van der Waals surface area contributed by atoms with Gasteiger partial charge in [-0.25, -0.2) is 4.98 Å². The van der Waals surface area contributed by atoms with Crippen molar-refractivity contribution < 1.29 is 9.47 Å². The largest absolute Gasteiger partial charge is 0.493 e. The summed E-state index contributed by atoms with van der Waals surface area (Å²) in [6.45, 7) is 7.21. The number of rotatable bonds is 7. The summed E-state index contributed by atoms with van der Waals surface area (Å²) in [5.74, 6) is 2.70. The van der Waals surface area contributed by atoms with Crippen molar-refractivity contribution in [2.75, 3.05) is 24.9 Å². The van der Waals surface area contributed by atoms with E-state index in [9.17, 15) is 0 Å². The number of hydrogen-bond acceptors (Lipinski definition) is 6. The van der Waals surface area contributed by atoms with Crippen molar-refractivity contribution in [2.24, 2.45) is 0 Å². The molecule has 0 radical (unpaired) electrons. The molecule has 152 valence electrons. The molecule has 0 amide bonds. The first-order valence-electron chi connectivity index (χ1n) is 9.54. The molecule has 6 nitrogen and oxygen atoms in total. The lowest BCUT2D eigenvalue weighted by molar-refractivity contribution is 0.354. The fraction of sp³-hybridized carbons (Fsp3) is 0.304. The van der Waals surface area contributed by atoms with Gasteiger partial charge in [-0.1, -0.05) is 39.0 Å². The van der Waals surface area contributed by atoms with E-state index < -0.39 is 0 Å². The summed E-state index contributed by atoms with van der Waals surface area (Å²) in [5.41, 5.74) is 3.43. The van der Waals surface area contributed by atoms with Crippen LogP contribution in [0, 0.1) is 0 Å². The molecule has 0 aliphatic heterocycles. The van der Waals surface area contributed by atoms with Crippen molar-refractivity contribution >= 4 is 17.5 Å². The Kier molecular flexibility index (Phi) is 6.22. The highest BCUT2D eigenvalue weighted by Gasteiger charge is 2.13. The zero-order valence-electron chi connectivity index (χ0n) is 17.6. The molecule has 0 fully saturated rings. The van der Waals surface area contributed by atoms with Crippen LogP contribution in [-0.2, 0) is 12.0 Å². The van der Waals surface area contributed by atoms with Crippen LogP contribution in [0.1, 0.15) is 31.9 Å². The normalized spacial score (nSPS) is 11.1. The maximum Gasteiger partial charge on any atom is 0.229 e. The quantitative estimate of drug-likeness (QED) is 0.580. The molecule has 1 aromatic heterocycles. The molecular weight excluding hydrogens is 364 g/mol. The predicted octanol–water partition coefficient (Wildman–Crippen LogP) is 5.15. The first-order chi connectivity index (χ1) is 13.9. The molecule has 0 bridgehead atoms. The SMILES string of the molecule is COc1ccc(CNc2ccnc(Nc3ccc(C(C)(C)C)cc3)n2)cc1OC. The van der Waals surface area contributed by atoms with Crippen LogP contribution in [0.2, 0.25) is 0 Å². The van der Waals surface area contributed by atoms with Crippen molar-refractivity contribution in [3.8, 4) is 11.5 Å². The van der Waals surface area contributed by atoms with Gasteiger partial charge in [-0.3, -0.25) is 0 Å². The average molecular weight is 393 g/mol. The van der Waals surface area contributed by atoms with Gasteiger partial charge < -0.3 is 20.1 Å². The Bertz CT molecular complexity index is 950. The fourth-order valence-corrected chi connectivity index (χ4v) is 2.88. The van der Waals surface area contributed by atoms with E-state index in [1.54, 1.807) is 20.4 Å². The number of nitrogens with one attached hydrogen (secondary N) is 2. The summed E-state index contributed by atoms with van der Waals surface area (Å²) >= 11 is 0. The number of methoxy groups -OCH3 is 2. The lowest BCUT2D eigenvalue weighted by atomic mass is 9.87. The lowest BCUT2D eigenvalue weighted by Gasteiger charge is -2.19. The third-order valence-corrected chi connectivity index (χ3v) is 4.58. The third kappa shape index (κ3) is 5.38. The minimum absolute atomic E-state index is 0.128. The summed E-state index contributed by atoms with van der Waals surface area (Å²) in [5, 5.41) is 6.57. The van der Waals surface area contributed by atoms with Gasteiger partial charge in [-0.2, -0.15) is 4.98 Å². The first-order valence-corrected chi connectivity index (χ1v) is 9.54. The smallest absolute Gasteiger partial charge is 0.229 e. The molecule has 3 rings (SSSR count). The van der Waals surface area contributed by atoms with Crippen molar-refractivity contribution in [3.05, 3.63) is 65.9 Å². The Morgan fingerprint density at radius 3 is 2.28 bits per heavy atom. The van der Waals surface area contributed by atoms with Gasteiger partial charge in [0.15, 0.2) is 11.5 Å². The van der Waals surface area contributed by atoms with Crippen LogP contribution < -0.4 is 20.1 Å². The second-order valence-electron chi connectivity index (χ2n) is 7.76. The minimum atomic E-state index is 0.128. The molecule has 0 aliphatic carbocycles. The Hall–Kier alpha value is -3.28. The maximum absolute atomic E-state index is 5.36. The number of anilines is 3. The number of hydrogen-bond donors (Lipinski definition) is 2. The molecule has 0 unspecified atom stereocenters. The van der Waals surface area contributed by atoms with E-state index in [1.807, 2.05) is 36.4 Å². The molecule has 0 spiro atoms. The Morgan fingerprint density at radius 2 is 1.62 bits per heavy atom. The molecular formula is C23H28N4O2. The number of aromatic nitrogens is 2. The zero-order valence-corrected chi connectivity index (χ0v) is 17.6. The predicted molar refractivity (Wildman–Crippen MR) is 117 cm³/mol. The van der Waals surface area contributed by atoms with Crippen LogP contribution in [0.5, 0.6) is 11.5 Å². The van der Waals surface area contributed by atoms with Gasteiger partial charge in [0.1, 0.15) is 5.82 Å². The van der Waals surface area contributed by atoms with Crippen LogP contribution in [0.15, 0.2) is 54.7 Å². The van der Waals surface area contributed by atoms with Crippen LogP contribution >= 0.6 is 0 Å². The first kappa shape index (κ1) is 20.5. The minimum Gasteiger partial charge on any atom is -0.493 e. The number of nitrogens with zero attached hydrogens (tertiary/aromatic N) is 2. The van der Waals surface area contributed by atoms with Gasteiger partial charge in [-0.15, -0.1) is 0 Å². The van der Waals surface area contributed by atoms with E-state index in [4.69, 9.17) is 9.47 Å². The molecule has 0 saturated heterocycles. The summed E-state index contributed by atoms with van der Waals surface area (Å²) < 4.78 is 10.6. The second kappa shape index (κ2) is 8.82. The lowest BCUT2D eigenvalue weighted by Crippen LogP contribution is -2.10. The van der Waals surface area contributed by atoms with Crippen LogP contribution in [-0.4, -0.2) is 24.2 Å². The number of benzene rings is 2. The van der Waals surface area contributed by atoms with Crippen LogP contribution in [0.4, 0.5) is 17.5 Å². The van der Waals surface area contributed by atoms with Gasteiger partial charge in [0.05, 0.1) is 14.2 Å². The third-order valence-electron chi connectivity index (χ3n) is 4.58. The molecule has 2 N–H and O–H groups in total. The highest BCUT2D eigenvalue weighted by atomic mass is 16.5. The molecule has 2 aromatic carbocycles. The van der Waals surface area contributed by atoms with Gasteiger partial charge >= 0.3 is 0 Å². The van der Waals surface area contributed by atoms with Crippen molar-refractivity contribution in [1.82, 2.24) is 9.97 Å². The molecule has 0 saturated carbocycles. The molecule has 0 aliphatic rings. The van der Waals surface area contributed by atoms with Crippen LogP contribution in [0.3, 0.4) is 0 Å². The standard InChI is InChI=1S/C23H28N4O2/c1-23(2,3)17-7-9-18(10-8-17)26-22-24-13-12-21(27-22)25-15-16-6-11-19(28-4)20(14-16)29-5/h6-14H,15H2,1-5H3,(H2,24,25,26,27). The summed E-state index contributed by atoms with van der Waals surface area (Å²) in [6.07, 6.45) is 1.73. The van der Waals surface area contributed by atoms with Gasteiger partial charge in [-0.05, 0) is 46.9 Å². The molecule has 1 heterocycles.